The number of hydrogen-bond donors (Lipinski definition) is 1. The minimum absolute atomic E-state index is 0.240. The molecule has 0 saturated heterocycles. The molecular formula is C9H19N. The molecule has 1 rings (SSSR count). The molecule has 0 radical (unpaired) electrons. The Morgan fingerprint density at radius 3 is 2.10 bits per heavy atom. The van der Waals surface area contributed by atoms with Gasteiger partial charge in [-0.1, -0.05) is 20.8 Å². The lowest BCUT2D eigenvalue weighted by Crippen LogP contribution is -2.31. The monoisotopic (exact) mass is 141 g/mol. The van der Waals surface area contributed by atoms with Crippen molar-refractivity contribution in [3.8, 4) is 0 Å². The molecule has 0 aliphatic heterocycles. The lowest BCUT2D eigenvalue weighted by molar-refractivity contribution is 0.358. The standard InChI is InChI=1S/C9H19N/c1-7(2)6-8(3)9(10)4-5-9/h7-8H,4-6,10H2,1-3H3. The van der Waals surface area contributed by atoms with Crippen molar-refractivity contribution in [2.75, 3.05) is 0 Å². The van der Waals surface area contributed by atoms with Gasteiger partial charge in [0.15, 0.2) is 0 Å². The highest BCUT2D eigenvalue weighted by Gasteiger charge is 2.42. The molecule has 1 aliphatic carbocycles. The summed E-state index contributed by atoms with van der Waals surface area (Å²) < 4.78 is 0. The van der Waals surface area contributed by atoms with Crippen LogP contribution < -0.4 is 5.73 Å². The zero-order valence-corrected chi connectivity index (χ0v) is 7.35. The molecule has 0 spiro atoms. The molecule has 0 aromatic heterocycles. The first-order valence-electron chi connectivity index (χ1n) is 4.33. The highest BCUT2D eigenvalue weighted by molar-refractivity contribution is 5.02. The van der Waals surface area contributed by atoms with Crippen LogP contribution in [0.15, 0.2) is 0 Å². The van der Waals surface area contributed by atoms with E-state index in [0.29, 0.717) is 0 Å². The molecule has 0 heterocycles. The number of rotatable bonds is 3. The van der Waals surface area contributed by atoms with E-state index in [1.807, 2.05) is 0 Å². The minimum atomic E-state index is 0.240. The van der Waals surface area contributed by atoms with E-state index in [1.165, 1.54) is 19.3 Å². The third kappa shape index (κ3) is 1.72. The summed E-state index contributed by atoms with van der Waals surface area (Å²) in [6.45, 7) is 6.82. The van der Waals surface area contributed by atoms with Crippen LogP contribution in [0.4, 0.5) is 0 Å². The summed E-state index contributed by atoms with van der Waals surface area (Å²) in [6, 6.07) is 0. The molecule has 0 aromatic rings. The van der Waals surface area contributed by atoms with Gasteiger partial charge >= 0.3 is 0 Å². The maximum Gasteiger partial charge on any atom is 0.0181 e. The average Bonchev–Trinajstić information content (AvgIpc) is 2.47. The van der Waals surface area contributed by atoms with Crippen LogP contribution in [0.3, 0.4) is 0 Å². The third-order valence-corrected chi connectivity index (χ3v) is 2.63. The molecule has 1 heteroatoms. The van der Waals surface area contributed by atoms with Crippen molar-refractivity contribution in [2.24, 2.45) is 17.6 Å². The van der Waals surface area contributed by atoms with Gasteiger partial charge in [-0.3, -0.25) is 0 Å². The Morgan fingerprint density at radius 1 is 1.30 bits per heavy atom. The van der Waals surface area contributed by atoms with Gasteiger partial charge in [0, 0.05) is 5.54 Å². The van der Waals surface area contributed by atoms with Gasteiger partial charge in [0.05, 0.1) is 0 Å². The Balaban J connectivity index is 2.28. The molecule has 1 unspecified atom stereocenters. The Labute approximate surface area is 64.0 Å². The lowest BCUT2D eigenvalue weighted by Gasteiger charge is -2.20. The van der Waals surface area contributed by atoms with Crippen LogP contribution in [0.5, 0.6) is 0 Å². The first-order valence-corrected chi connectivity index (χ1v) is 4.33. The van der Waals surface area contributed by atoms with Gasteiger partial charge in [-0.05, 0) is 31.1 Å². The van der Waals surface area contributed by atoms with Crippen LogP contribution in [-0.4, -0.2) is 5.54 Å². The van der Waals surface area contributed by atoms with Crippen molar-refractivity contribution in [3.63, 3.8) is 0 Å². The molecule has 10 heavy (non-hydrogen) atoms. The summed E-state index contributed by atoms with van der Waals surface area (Å²) in [4.78, 5) is 0. The van der Waals surface area contributed by atoms with Crippen LogP contribution in [-0.2, 0) is 0 Å². The van der Waals surface area contributed by atoms with E-state index in [9.17, 15) is 0 Å². The second-order valence-electron chi connectivity index (χ2n) is 4.26. The van der Waals surface area contributed by atoms with Gasteiger partial charge in [-0.2, -0.15) is 0 Å². The highest BCUT2D eigenvalue weighted by Crippen LogP contribution is 2.41. The van der Waals surface area contributed by atoms with E-state index in [2.05, 4.69) is 20.8 Å². The summed E-state index contributed by atoms with van der Waals surface area (Å²) in [5.41, 5.74) is 6.28. The van der Waals surface area contributed by atoms with E-state index in [1.54, 1.807) is 0 Å². The van der Waals surface area contributed by atoms with Crippen molar-refractivity contribution in [1.82, 2.24) is 0 Å². The molecule has 0 bridgehead atoms. The van der Waals surface area contributed by atoms with Gasteiger partial charge in [-0.25, -0.2) is 0 Å². The van der Waals surface area contributed by atoms with E-state index in [0.717, 1.165) is 11.8 Å². The van der Waals surface area contributed by atoms with Crippen LogP contribution in [0, 0.1) is 11.8 Å². The first-order chi connectivity index (χ1) is 4.54. The predicted octanol–water partition coefficient (Wildman–Crippen LogP) is 2.16. The van der Waals surface area contributed by atoms with Gasteiger partial charge < -0.3 is 5.73 Å². The molecular weight excluding hydrogens is 122 g/mol. The quantitative estimate of drug-likeness (QED) is 0.640. The van der Waals surface area contributed by atoms with Gasteiger partial charge in [0.2, 0.25) is 0 Å². The van der Waals surface area contributed by atoms with Crippen LogP contribution in [0.25, 0.3) is 0 Å². The maximum absolute atomic E-state index is 6.04. The van der Waals surface area contributed by atoms with Crippen molar-refractivity contribution >= 4 is 0 Å². The predicted molar refractivity (Wildman–Crippen MR) is 44.8 cm³/mol. The smallest absolute Gasteiger partial charge is 0.0181 e. The van der Waals surface area contributed by atoms with Crippen LogP contribution in [0.1, 0.15) is 40.0 Å². The Bertz CT molecular complexity index is 114. The van der Waals surface area contributed by atoms with Crippen molar-refractivity contribution in [3.05, 3.63) is 0 Å². The molecule has 1 saturated carbocycles. The molecule has 1 aliphatic rings. The van der Waals surface area contributed by atoms with E-state index < -0.39 is 0 Å². The zero-order chi connectivity index (χ0) is 7.78. The fourth-order valence-corrected chi connectivity index (χ4v) is 1.58. The molecule has 60 valence electrons. The van der Waals surface area contributed by atoms with E-state index >= 15 is 0 Å². The third-order valence-electron chi connectivity index (χ3n) is 2.63. The Morgan fingerprint density at radius 2 is 1.80 bits per heavy atom. The summed E-state index contributed by atoms with van der Waals surface area (Å²) in [6.07, 6.45) is 3.79. The van der Waals surface area contributed by atoms with Gasteiger partial charge in [-0.15, -0.1) is 0 Å². The minimum Gasteiger partial charge on any atom is -0.325 e. The maximum atomic E-state index is 6.04. The van der Waals surface area contributed by atoms with Crippen molar-refractivity contribution < 1.29 is 0 Å². The van der Waals surface area contributed by atoms with Crippen molar-refractivity contribution in [2.45, 2.75) is 45.6 Å². The molecule has 1 atom stereocenters. The summed E-state index contributed by atoms with van der Waals surface area (Å²) >= 11 is 0. The Hall–Kier alpha value is -0.0400. The summed E-state index contributed by atoms with van der Waals surface area (Å²) in [5, 5.41) is 0. The number of nitrogens with two attached hydrogens (primary N) is 1. The summed E-state index contributed by atoms with van der Waals surface area (Å²) in [5.74, 6) is 1.53. The molecule has 0 amide bonds. The highest BCUT2D eigenvalue weighted by atomic mass is 14.8. The lowest BCUT2D eigenvalue weighted by atomic mass is 9.91. The molecule has 1 nitrogen and oxygen atoms in total. The average molecular weight is 141 g/mol. The number of hydrogen-bond acceptors (Lipinski definition) is 1. The fourth-order valence-electron chi connectivity index (χ4n) is 1.58. The zero-order valence-electron chi connectivity index (χ0n) is 7.35. The molecule has 2 N–H and O–H groups in total. The second kappa shape index (κ2) is 2.54. The van der Waals surface area contributed by atoms with Crippen LogP contribution >= 0.6 is 0 Å². The molecule has 0 aromatic carbocycles. The SMILES string of the molecule is CC(C)CC(C)C1(N)CC1. The fraction of sp³-hybridized carbons (Fsp3) is 1.00. The second-order valence-corrected chi connectivity index (χ2v) is 4.26. The van der Waals surface area contributed by atoms with Crippen LogP contribution in [0.2, 0.25) is 0 Å². The van der Waals surface area contributed by atoms with Gasteiger partial charge in [0.1, 0.15) is 0 Å². The van der Waals surface area contributed by atoms with E-state index in [-0.39, 0.29) is 5.54 Å². The summed E-state index contributed by atoms with van der Waals surface area (Å²) in [7, 11) is 0. The van der Waals surface area contributed by atoms with Gasteiger partial charge in [0.25, 0.3) is 0 Å². The normalized spacial score (nSPS) is 24.9. The topological polar surface area (TPSA) is 26.0 Å². The van der Waals surface area contributed by atoms with Crippen molar-refractivity contribution in [1.29, 1.82) is 0 Å². The van der Waals surface area contributed by atoms with E-state index in [4.69, 9.17) is 5.73 Å². The largest absolute Gasteiger partial charge is 0.325 e. The molecule has 1 fully saturated rings. The Kier molecular flexibility index (Phi) is 2.04. The first kappa shape index (κ1) is 8.06.